The molecule has 2 aromatic rings. The van der Waals surface area contributed by atoms with Gasteiger partial charge in [0.25, 0.3) is 0 Å². The van der Waals surface area contributed by atoms with Crippen molar-refractivity contribution in [1.29, 1.82) is 0 Å². The lowest BCUT2D eigenvalue weighted by Gasteiger charge is -2.23. The standard InChI is InChI=1S/C18H21Cl2N3O/c1-4-8-23(18(24)13(2)3)12-17-21-7-9-22(17)11-14-5-6-15(19)16(20)10-14/h4-7,9-10,13H,1,8,11-12H2,2-3H3. The SMILES string of the molecule is C=CCN(Cc1nccn1Cc1ccc(Cl)c(Cl)c1)C(=O)C(C)C. The molecule has 0 fully saturated rings. The van der Waals surface area contributed by atoms with Gasteiger partial charge in [-0.2, -0.15) is 0 Å². The second-order valence-corrected chi connectivity index (χ2v) is 6.70. The van der Waals surface area contributed by atoms with E-state index in [0.29, 0.717) is 29.7 Å². The summed E-state index contributed by atoms with van der Waals surface area (Å²) in [5.41, 5.74) is 1.02. The molecule has 0 radical (unpaired) electrons. The first-order valence-electron chi connectivity index (χ1n) is 7.76. The van der Waals surface area contributed by atoms with Crippen LogP contribution in [0.1, 0.15) is 25.2 Å². The molecule has 24 heavy (non-hydrogen) atoms. The second-order valence-electron chi connectivity index (χ2n) is 5.88. The molecular formula is C18H21Cl2N3O. The van der Waals surface area contributed by atoms with Gasteiger partial charge in [-0.3, -0.25) is 4.79 Å². The van der Waals surface area contributed by atoms with Gasteiger partial charge in [0.05, 0.1) is 16.6 Å². The normalized spacial score (nSPS) is 10.9. The molecule has 0 bridgehead atoms. The van der Waals surface area contributed by atoms with E-state index in [1.165, 1.54) is 0 Å². The average Bonchev–Trinajstić information content (AvgIpc) is 2.96. The van der Waals surface area contributed by atoms with E-state index in [2.05, 4.69) is 11.6 Å². The van der Waals surface area contributed by atoms with Crippen molar-refractivity contribution in [2.75, 3.05) is 6.54 Å². The maximum absolute atomic E-state index is 12.3. The Morgan fingerprint density at radius 2 is 2.12 bits per heavy atom. The predicted molar refractivity (Wildman–Crippen MR) is 98.2 cm³/mol. The number of aromatic nitrogens is 2. The van der Waals surface area contributed by atoms with Crippen LogP contribution in [0.5, 0.6) is 0 Å². The molecule has 0 aliphatic heterocycles. The Bertz CT molecular complexity index is 725. The topological polar surface area (TPSA) is 38.1 Å². The zero-order valence-electron chi connectivity index (χ0n) is 13.9. The zero-order valence-corrected chi connectivity index (χ0v) is 15.4. The van der Waals surface area contributed by atoms with Crippen LogP contribution in [0.4, 0.5) is 0 Å². The summed E-state index contributed by atoms with van der Waals surface area (Å²) in [5.74, 6) is 0.833. The van der Waals surface area contributed by atoms with Crippen molar-refractivity contribution < 1.29 is 4.79 Å². The third-order valence-electron chi connectivity index (χ3n) is 3.63. The van der Waals surface area contributed by atoms with Crippen LogP contribution in [0.3, 0.4) is 0 Å². The molecule has 2 rings (SSSR count). The molecule has 0 aliphatic rings. The largest absolute Gasteiger partial charge is 0.331 e. The van der Waals surface area contributed by atoms with Crippen LogP contribution in [0.15, 0.2) is 43.2 Å². The summed E-state index contributed by atoms with van der Waals surface area (Å²) in [6.07, 6.45) is 5.36. The Labute approximate surface area is 152 Å². The highest BCUT2D eigenvalue weighted by Gasteiger charge is 2.18. The van der Waals surface area contributed by atoms with Crippen molar-refractivity contribution in [3.05, 3.63) is 64.7 Å². The van der Waals surface area contributed by atoms with Crippen molar-refractivity contribution in [3.63, 3.8) is 0 Å². The number of benzene rings is 1. The second kappa shape index (κ2) is 8.36. The molecule has 1 amide bonds. The van der Waals surface area contributed by atoms with E-state index < -0.39 is 0 Å². The first-order chi connectivity index (χ1) is 11.4. The number of imidazole rings is 1. The fraction of sp³-hybridized carbons (Fsp3) is 0.333. The summed E-state index contributed by atoms with van der Waals surface area (Å²) >= 11 is 12.0. The van der Waals surface area contributed by atoms with Crippen molar-refractivity contribution >= 4 is 29.1 Å². The zero-order chi connectivity index (χ0) is 17.7. The van der Waals surface area contributed by atoms with E-state index in [-0.39, 0.29) is 11.8 Å². The molecule has 1 aromatic carbocycles. The minimum Gasteiger partial charge on any atom is -0.331 e. The Kier molecular flexibility index (Phi) is 6.46. The molecule has 0 saturated heterocycles. The quantitative estimate of drug-likeness (QED) is 0.681. The average molecular weight is 366 g/mol. The van der Waals surface area contributed by atoms with Gasteiger partial charge in [0.15, 0.2) is 0 Å². The van der Waals surface area contributed by atoms with Gasteiger partial charge in [-0.05, 0) is 17.7 Å². The van der Waals surface area contributed by atoms with Gasteiger partial charge >= 0.3 is 0 Å². The van der Waals surface area contributed by atoms with Gasteiger partial charge in [0, 0.05) is 31.4 Å². The fourth-order valence-corrected chi connectivity index (χ4v) is 2.72. The molecule has 1 aromatic heterocycles. The molecule has 0 saturated carbocycles. The van der Waals surface area contributed by atoms with E-state index in [4.69, 9.17) is 23.2 Å². The van der Waals surface area contributed by atoms with Gasteiger partial charge in [-0.25, -0.2) is 4.98 Å². The van der Waals surface area contributed by atoms with E-state index in [1.807, 2.05) is 36.7 Å². The van der Waals surface area contributed by atoms with Crippen LogP contribution in [-0.4, -0.2) is 26.9 Å². The van der Waals surface area contributed by atoms with Gasteiger partial charge in [0.2, 0.25) is 5.91 Å². The van der Waals surface area contributed by atoms with Gasteiger partial charge in [0.1, 0.15) is 5.82 Å². The van der Waals surface area contributed by atoms with Crippen LogP contribution in [0.25, 0.3) is 0 Å². The third kappa shape index (κ3) is 4.62. The van der Waals surface area contributed by atoms with Crippen molar-refractivity contribution in [3.8, 4) is 0 Å². The van der Waals surface area contributed by atoms with Crippen molar-refractivity contribution in [2.24, 2.45) is 5.92 Å². The molecule has 0 aliphatic carbocycles. The summed E-state index contributed by atoms with van der Waals surface area (Å²) in [5, 5.41) is 1.06. The lowest BCUT2D eigenvalue weighted by molar-refractivity contribution is -0.134. The lowest BCUT2D eigenvalue weighted by atomic mass is 10.2. The monoisotopic (exact) mass is 365 g/mol. The minimum atomic E-state index is -0.0663. The van der Waals surface area contributed by atoms with E-state index in [9.17, 15) is 4.79 Å². The molecule has 0 spiro atoms. The number of halogens is 2. The maximum Gasteiger partial charge on any atom is 0.225 e. The Morgan fingerprint density at radius 1 is 1.38 bits per heavy atom. The fourth-order valence-electron chi connectivity index (χ4n) is 2.39. The number of hydrogen-bond donors (Lipinski definition) is 0. The number of amides is 1. The minimum absolute atomic E-state index is 0.0663. The number of carbonyl (C=O) groups is 1. The first-order valence-corrected chi connectivity index (χ1v) is 8.51. The molecule has 0 atom stereocenters. The number of hydrogen-bond acceptors (Lipinski definition) is 2. The Morgan fingerprint density at radius 3 is 2.75 bits per heavy atom. The number of rotatable bonds is 7. The molecule has 1 heterocycles. The van der Waals surface area contributed by atoms with Crippen molar-refractivity contribution in [1.82, 2.24) is 14.5 Å². The molecule has 0 unspecified atom stereocenters. The van der Waals surface area contributed by atoms with Crippen LogP contribution in [0.2, 0.25) is 10.0 Å². The molecule has 128 valence electrons. The Hall–Kier alpha value is -1.78. The smallest absolute Gasteiger partial charge is 0.225 e. The molecule has 4 nitrogen and oxygen atoms in total. The first kappa shape index (κ1) is 18.6. The lowest BCUT2D eigenvalue weighted by Crippen LogP contribution is -2.34. The highest BCUT2D eigenvalue weighted by molar-refractivity contribution is 6.42. The third-order valence-corrected chi connectivity index (χ3v) is 4.37. The highest BCUT2D eigenvalue weighted by atomic mass is 35.5. The van der Waals surface area contributed by atoms with E-state index in [0.717, 1.165) is 11.4 Å². The predicted octanol–water partition coefficient (Wildman–Crippen LogP) is 4.41. The van der Waals surface area contributed by atoms with Gasteiger partial charge < -0.3 is 9.47 Å². The molecular weight excluding hydrogens is 345 g/mol. The maximum atomic E-state index is 12.3. The highest BCUT2D eigenvalue weighted by Crippen LogP contribution is 2.23. The van der Waals surface area contributed by atoms with Gasteiger partial charge in [-0.1, -0.05) is 49.2 Å². The summed E-state index contributed by atoms with van der Waals surface area (Å²) in [6.45, 7) is 9.06. The van der Waals surface area contributed by atoms with Crippen LogP contribution in [-0.2, 0) is 17.9 Å². The number of nitrogens with zero attached hydrogens (tertiary/aromatic N) is 3. The molecule has 6 heteroatoms. The van der Waals surface area contributed by atoms with Crippen LogP contribution >= 0.6 is 23.2 Å². The van der Waals surface area contributed by atoms with Crippen LogP contribution in [0, 0.1) is 5.92 Å². The Balaban J connectivity index is 2.17. The summed E-state index contributed by atoms with van der Waals surface area (Å²) in [6, 6.07) is 5.55. The summed E-state index contributed by atoms with van der Waals surface area (Å²) in [7, 11) is 0. The van der Waals surface area contributed by atoms with Gasteiger partial charge in [-0.15, -0.1) is 6.58 Å². The molecule has 0 N–H and O–H groups in total. The van der Waals surface area contributed by atoms with E-state index >= 15 is 0 Å². The summed E-state index contributed by atoms with van der Waals surface area (Å²) in [4.78, 5) is 18.5. The number of carbonyl (C=O) groups excluding carboxylic acids is 1. The van der Waals surface area contributed by atoms with E-state index in [1.54, 1.807) is 23.2 Å². The van der Waals surface area contributed by atoms with Crippen molar-refractivity contribution in [2.45, 2.75) is 26.9 Å². The van der Waals surface area contributed by atoms with Crippen LogP contribution < -0.4 is 0 Å². The summed E-state index contributed by atoms with van der Waals surface area (Å²) < 4.78 is 2.00.